The van der Waals surface area contributed by atoms with Gasteiger partial charge in [0.2, 0.25) is 0 Å². The summed E-state index contributed by atoms with van der Waals surface area (Å²) in [5.41, 5.74) is 0. The fraction of sp³-hybridized carbons (Fsp3) is 1.00. The molecule has 0 saturated heterocycles. The van der Waals surface area contributed by atoms with Crippen molar-refractivity contribution in [2.24, 2.45) is 0 Å². The normalized spacial score (nSPS) is 10.0. The van der Waals surface area contributed by atoms with E-state index >= 15 is 0 Å². The molecule has 0 fully saturated rings. The van der Waals surface area contributed by atoms with Gasteiger partial charge in [0.1, 0.15) is 0 Å². The van der Waals surface area contributed by atoms with Crippen molar-refractivity contribution in [1.82, 2.24) is 0 Å². The maximum absolute atomic E-state index is 2.26. The van der Waals surface area contributed by atoms with Gasteiger partial charge in [-0.05, 0) is 0 Å². The molecule has 0 heterocycles. The molecular formula is C6H14Ag. The second-order valence-electron chi connectivity index (χ2n) is 1.37. The quantitative estimate of drug-likeness (QED) is 0.476. The van der Waals surface area contributed by atoms with Crippen LogP contribution in [-0.4, -0.2) is 0 Å². The Hall–Kier alpha value is 0.740. The van der Waals surface area contributed by atoms with Gasteiger partial charge in [-0.25, -0.2) is 0 Å². The Bertz CT molecular complexity index is 23.4. The molecule has 0 saturated carbocycles. The third-order valence-corrected chi connectivity index (χ3v) is 2.51. The van der Waals surface area contributed by atoms with E-state index in [0.29, 0.717) is 0 Å². The van der Waals surface area contributed by atoms with E-state index in [1.165, 1.54) is 41.9 Å². The van der Waals surface area contributed by atoms with Crippen molar-refractivity contribution in [3.8, 4) is 0 Å². The molecule has 0 atom stereocenters. The molecule has 0 aromatic heterocycles. The van der Waals surface area contributed by atoms with Crippen LogP contribution in [0.2, 0.25) is 9.28 Å². The Morgan fingerprint density at radius 2 is 2.00 bits per heavy atom. The van der Waals surface area contributed by atoms with E-state index in [9.17, 15) is 0 Å². The predicted molar refractivity (Wildman–Crippen MR) is 30.2 cm³/mol. The van der Waals surface area contributed by atoms with E-state index in [1.807, 2.05) is 0 Å². The molecule has 0 aromatic rings. The van der Waals surface area contributed by atoms with Crippen LogP contribution in [0.1, 0.15) is 26.7 Å². The van der Waals surface area contributed by atoms with Crippen LogP contribution in [-0.2, 0) is 19.8 Å². The molecule has 0 unspecified atom stereocenters. The molecule has 0 radical (unpaired) electrons. The second kappa shape index (κ2) is 6.74. The van der Waals surface area contributed by atoms with Crippen molar-refractivity contribution < 1.29 is 19.8 Å². The predicted octanol–water partition coefficient (Wildman–Crippen LogP) is 2.73. The van der Waals surface area contributed by atoms with Crippen LogP contribution >= 0.6 is 0 Å². The molecule has 0 spiro atoms. The van der Waals surface area contributed by atoms with Crippen molar-refractivity contribution in [3.63, 3.8) is 0 Å². The van der Waals surface area contributed by atoms with E-state index in [-0.39, 0.29) is 0 Å². The van der Waals surface area contributed by atoms with Gasteiger partial charge in [-0.1, -0.05) is 0 Å². The minimum absolute atomic E-state index is 1.21. The molecule has 0 amide bonds. The van der Waals surface area contributed by atoms with E-state index in [1.54, 1.807) is 0 Å². The first-order chi connectivity index (χ1) is 3.41. The molecule has 0 nitrogen and oxygen atoms in total. The zero-order valence-electron chi connectivity index (χ0n) is 5.13. The average Bonchev–Trinajstić information content (AvgIpc) is 1.69. The van der Waals surface area contributed by atoms with Crippen molar-refractivity contribution in [2.75, 3.05) is 0 Å². The molecule has 0 aromatic carbocycles. The van der Waals surface area contributed by atoms with Crippen LogP contribution in [0.25, 0.3) is 0 Å². The summed E-state index contributed by atoms with van der Waals surface area (Å²) in [5, 5.41) is 0. The zero-order chi connectivity index (χ0) is 5.54. The van der Waals surface area contributed by atoms with Gasteiger partial charge in [-0.15, -0.1) is 0 Å². The van der Waals surface area contributed by atoms with Gasteiger partial charge < -0.3 is 0 Å². The van der Waals surface area contributed by atoms with E-state index in [2.05, 4.69) is 13.8 Å². The molecule has 1 heteroatoms. The molecule has 0 aliphatic rings. The summed E-state index contributed by atoms with van der Waals surface area (Å²) in [7, 11) is 0. The van der Waals surface area contributed by atoms with Gasteiger partial charge >= 0.3 is 55.7 Å². The molecule has 49 valence electrons. The Balaban J connectivity index is 2.45. The third kappa shape index (κ3) is 6.74. The van der Waals surface area contributed by atoms with Gasteiger partial charge in [0.15, 0.2) is 0 Å². The standard InChI is InChI=1S/C4H9.C2H5.Ag/c1-3-4-2;1-2;/h1,3-4H2,2H3;1H2,2H3;. The average molecular weight is 194 g/mol. The molecule has 0 rings (SSSR count). The Kier molecular flexibility index (Phi) is 7.45. The summed E-state index contributed by atoms with van der Waals surface area (Å²) >= 11 is 1.21. The summed E-state index contributed by atoms with van der Waals surface area (Å²) in [6, 6.07) is 0. The van der Waals surface area contributed by atoms with Crippen LogP contribution < -0.4 is 0 Å². The summed E-state index contributed by atoms with van der Waals surface area (Å²) in [6.07, 6.45) is 2.81. The van der Waals surface area contributed by atoms with Crippen molar-refractivity contribution >= 4 is 0 Å². The summed E-state index contributed by atoms with van der Waals surface area (Å²) in [4.78, 5) is 0. The first kappa shape index (κ1) is 7.74. The molecule has 0 bridgehead atoms. The van der Waals surface area contributed by atoms with E-state index in [0.717, 1.165) is 0 Å². The summed E-state index contributed by atoms with van der Waals surface area (Å²) < 4.78 is 2.86. The first-order valence-electron chi connectivity index (χ1n) is 2.84. The monoisotopic (exact) mass is 193 g/mol. The molecular weight excluding hydrogens is 180 g/mol. The van der Waals surface area contributed by atoms with Gasteiger partial charge in [0.25, 0.3) is 0 Å². The molecule has 0 aliphatic carbocycles. The van der Waals surface area contributed by atoms with Gasteiger partial charge in [-0.3, -0.25) is 0 Å². The Labute approximate surface area is 56.0 Å². The molecule has 0 N–H and O–H groups in total. The molecule has 7 heavy (non-hydrogen) atoms. The van der Waals surface area contributed by atoms with E-state index < -0.39 is 0 Å². The first-order valence-corrected chi connectivity index (χ1v) is 4.94. The van der Waals surface area contributed by atoms with Crippen LogP contribution in [0.4, 0.5) is 0 Å². The Morgan fingerprint density at radius 1 is 1.29 bits per heavy atom. The number of hydrogen-bond acceptors (Lipinski definition) is 0. The SMILES string of the molecule is CCC[CH2][Ag][CH2]C. The number of hydrogen-bond donors (Lipinski definition) is 0. The zero-order valence-corrected chi connectivity index (χ0v) is 6.61. The maximum atomic E-state index is 2.26. The number of rotatable bonds is 4. The second-order valence-corrected chi connectivity index (χ2v) is 3.90. The molecule has 0 aliphatic heterocycles. The Morgan fingerprint density at radius 3 is 2.43 bits per heavy atom. The van der Waals surface area contributed by atoms with Crippen molar-refractivity contribution in [2.45, 2.75) is 36.0 Å². The van der Waals surface area contributed by atoms with Crippen molar-refractivity contribution in [3.05, 3.63) is 0 Å². The van der Waals surface area contributed by atoms with Gasteiger partial charge in [0.05, 0.1) is 0 Å². The van der Waals surface area contributed by atoms with Crippen LogP contribution in [0.3, 0.4) is 0 Å². The van der Waals surface area contributed by atoms with Gasteiger partial charge in [0, 0.05) is 0 Å². The van der Waals surface area contributed by atoms with Gasteiger partial charge in [-0.2, -0.15) is 0 Å². The van der Waals surface area contributed by atoms with Crippen LogP contribution in [0.15, 0.2) is 0 Å². The van der Waals surface area contributed by atoms with Crippen molar-refractivity contribution in [1.29, 1.82) is 0 Å². The summed E-state index contributed by atoms with van der Waals surface area (Å²) in [5.74, 6) is 0. The summed E-state index contributed by atoms with van der Waals surface area (Å²) in [6.45, 7) is 4.51. The van der Waals surface area contributed by atoms with E-state index in [4.69, 9.17) is 0 Å². The third-order valence-electron chi connectivity index (χ3n) is 0.718. The van der Waals surface area contributed by atoms with Crippen LogP contribution in [0, 0.1) is 0 Å². The minimum atomic E-state index is 1.21. The fourth-order valence-electron chi connectivity index (χ4n) is 0.289. The fourth-order valence-corrected chi connectivity index (χ4v) is 1.71. The topological polar surface area (TPSA) is 0 Å². The number of unbranched alkanes of at least 4 members (excludes halogenated alkanes) is 1. The van der Waals surface area contributed by atoms with Crippen LogP contribution in [0.5, 0.6) is 0 Å².